The summed E-state index contributed by atoms with van der Waals surface area (Å²) in [6.07, 6.45) is 0.734. The molecule has 1 amide bonds. The van der Waals surface area contributed by atoms with Crippen molar-refractivity contribution in [3.05, 3.63) is 17.9 Å². The van der Waals surface area contributed by atoms with E-state index < -0.39 is 26.7 Å². The molecule has 0 aliphatic rings. The highest BCUT2D eigenvalue weighted by atomic mass is 32.2. The minimum absolute atomic E-state index is 0.0273. The minimum Gasteiger partial charge on any atom is -0.437 e. The summed E-state index contributed by atoms with van der Waals surface area (Å²) in [6.45, 7) is 9.93. The SMILES string of the molecule is CC(C)(C)CC(C)(C)NC(=O)c1ccc(S(=O)(=O)O)o1. The topological polar surface area (TPSA) is 96.6 Å². The molecule has 20 heavy (non-hydrogen) atoms. The molecule has 0 saturated carbocycles. The van der Waals surface area contributed by atoms with Crippen LogP contribution in [-0.2, 0) is 10.1 Å². The number of carbonyl (C=O) groups is 1. The fourth-order valence-corrected chi connectivity index (χ4v) is 2.75. The van der Waals surface area contributed by atoms with Gasteiger partial charge < -0.3 is 9.73 Å². The molecule has 0 atom stereocenters. The first-order valence-electron chi connectivity index (χ1n) is 6.20. The molecule has 1 rings (SSSR count). The lowest BCUT2D eigenvalue weighted by Gasteiger charge is -2.33. The molecule has 114 valence electrons. The maximum Gasteiger partial charge on any atom is 0.328 e. The number of nitrogens with one attached hydrogen (secondary N) is 1. The summed E-state index contributed by atoms with van der Waals surface area (Å²) in [5.74, 6) is -0.672. The lowest BCUT2D eigenvalue weighted by Crippen LogP contribution is -2.45. The molecule has 0 fully saturated rings. The second-order valence-electron chi connectivity index (χ2n) is 6.67. The van der Waals surface area contributed by atoms with E-state index in [-0.39, 0.29) is 11.2 Å². The standard InChI is InChI=1S/C13H21NO5S/c1-12(2,3)8-13(4,5)14-11(15)9-6-7-10(19-9)20(16,17)18/h6-7H,8H2,1-5H3,(H,14,15)(H,16,17,18). The summed E-state index contributed by atoms with van der Waals surface area (Å²) in [5.41, 5.74) is -0.445. The number of carbonyl (C=O) groups excluding carboxylic acids is 1. The van der Waals surface area contributed by atoms with Gasteiger partial charge in [-0.05, 0) is 37.8 Å². The zero-order chi connectivity index (χ0) is 15.8. The van der Waals surface area contributed by atoms with Crippen molar-refractivity contribution in [3.8, 4) is 0 Å². The Bertz CT molecular complexity index is 593. The summed E-state index contributed by atoms with van der Waals surface area (Å²) >= 11 is 0. The lowest BCUT2D eigenvalue weighted by atomic mass is 9.82. The van der Waals surface area contributed by atoms with Gasteiger partial charge >= 0.3 is 10.1 Å². The molecule has 0 aromatic carbocycles. The normalized spacial score (nSPS) is 13.3. The van der Waals surface area contributed by atoms with Gasteiger partial charge in [-0.1, -0.05) is 20.8 Å². The monoisotopic (exact) mass is 303 g/mol. The van der Waals surface area contributed by atoms with Crippen molar-refractivity contribution in [1.82, 2.24) is 5.32 Å². The van der Waals surface area contributed by atoms with E-state index in [0.29, 0.717) is 0 Å². The molecule has 0 aliphatic carbocycles. The van der Waals surface area contributed by atoms with Crippen LogP contribution < -0.4 is 5.32 Å². The fourth-order valence-electron chi connectivity index (χ4n) is 2.32. The van der Waals surface area contributed by atoms with Crippen LogP contribution in [0, 0.1) is 5.41 Å². The van der Waals surface area contributed by atoms with Crippen molar-refractivity contribution < 1.29 is 22.2 Å². The van der Waals surface area contributed by atoms with Crippen LogP contribution in [0.4, 0.5) is 0 Å². The molecule has 7 heteroatoms. The van der Waals surface area contributed by atoms with E-state index in [0.717, 1.165) is 12.5 Å². The first kappa shape index (κ1) is 16.7. The number of hydrogen-bond donors (Lipinski definition) is 2. The van der Waals surface area contributed by atoms with Gasteiger partial charge in [-0.25, -0.2) is 0 Å². The van der Waals surface area contributed by atoms with E-state index in [1.165, 1.54) is 6.07 Å². The van der Waals surface area contributed by atoms with Crippen molar-refractivity contribution in [2.45, 2.75) is 51.7 Å². The first-order valence-corrected chi connectivity index (χ1v) is 7.64. The third-order valence-corrected chi connectivity index (χ3v) is 3.21. The average molecular weight is 303 g/mol. The highest BCUT2D eigenvalue weighted by Gasteiger charge is 2.28. The van der Waals surface area contributed by atoms with Crippen LogP contribution in [0.3, 0.4) is 0 Å². The second kappa shape index (κ2) is 5.21. The van der Waals surface area contributed by atoms with Crippen LogP contribution in [0.2, 0.25) is 0 Å². The summed E-state index contributed by atoms with van der Waals surface area (Å²) in [5, 5.41) is 2.14. The summed E-state index contributed by atoms with van der Waals surface area (Å²) < 4.78 is 35.4. The molecule has 2 N–H and O–H groups in total. The third kappa shape index (κ3) is 4.97. The van der Waals surface area contributed by atoms with Gasteiger partial charge in [-0.2, -0.15) is 8.42 Å². The maximum atomic E-state index is 12.0. The molecule has 0 aliphatic heterocycles. The maximum absolute atomic E-state index is 12.0. The van der Waals surface area contributed by atoms with Gasteiger partial charge in [0.05, 0.1) is 0 Å². The van der Waals surface area contributed by atoms with Crippen molar-refractivity contribution in [2.75, 3.05) is 0 Å². The Hall–Kier alpha value is -1.34. The summed E-state index contributed by atoms with van der Waals surface area (Å²) in [4.78, 5) is 12.0. The van der Waals surface area contributed by atoms with Gasteiger partial charge in [0.25, 0.3) is 5.91 Å². The van der Waals surface area contributed by atoms with Crippen LogP contribution in [-0.4, -0.2) is 24.4 Å². The van der Waals surface area contributed by atoms with E-state index in [9.17, 15) is 13.2 Å². The highest BCUT2D eigenvalue weighted by molar-refractivity contribution is 7.85. The molecule has 0 spiro atoms. The Balaban J connectivity index is 2.84. The largest absolute Gasteiger partial charge is 0.437 e. The van der Waals surface area contributed by atoms with Crippen LogP contribution in [0.5, 0.6) is 0 Å². The van der Waals surface area contributed by atoms with Gasteiger partial charge in [0, 0.05) is 5.54 Å². The smallest absolute Gasteiger partial charge is 0.328 e. The minimum atomic E-state index is -4.43. The number of hydrogen-bond acceptors (Lipinski definition) is 4. The summed E-state index contributed by atoms with van der Waals surface area (Å²) in [6, 6.07) is 2.26. The molecule has 0 bridgehead atoms. The van der Waals surface area contributed by atoms with Crippen molar-refractivity contribution in [1.29, 1.82) is 0 Å². The fraction of sp³-hybridized carbons (Fsp3) is 0.615. The Morgan fingerprint density at radius 3 is 2.20 bits per heavy atom. The predicted octanol–water partition coefficient (Wildman–Crippen LogP) is 2.47. The van der Waals surface area contributed by atoms with Crippen molar-refractivity contribution in [2.24, 2.45) is 5.41 Å². The Morgan fingerprint density at radius 2 is 1.80 bits per heavy atom. The van der Waals surface area contributed by atoms with Gasteiger partial charge in [0.2, 0.25) is 5.09 Å². The van der Waals surface area contributed by atoms with Gasteiger partial charge in [-0.3, -0.25) is 9.35 Å². The van der Waals surface area contributed by atoms with Crippen LogP contribution >= 0.6 is 0 Å². The molecule has 1 heterocycles. The number of furan rings is 1. The van der Waals surface area contributed by atoms with Gasteiger partial charge in [0.1, 0.15) is 0 Å². The molecule has 1 aromatic heterocycles. The first-order chi connectivity index (χ1) is 8.80. The van der Waals surface area contributed by atoms with E-state index >= 15 is 0 Å². The molecular formula is C13H21NO5S. The third-order valence-electron chi connectivity index (χ3n) is 2.48. The molecule has 0 unspecified atom stereocenters. The Morgan fingerprint density at radius 1 is 1.25 bits per heavy atom. The van der Waals surface area contributed by atoms with Crippen LogP contribution in [0.15, 0.2) is 21.6 Å². The zero-order valence-electron chi connectivity index (χ0n) is 12.4. The highest BCUT2D eigenvalue weighted by Crippen LogP contribution is 2.27. The summed E-state index contributed by atoms with van der Waals surface area (Å²) in [7, 11) is -4.43. The van der Waals surface area contributed by atoms with Gasteiger partial charge in [0.15, 0.2) is 5.76 Å². The van der Waals surface area contributed by atoms with E-state index in [2.05, 4.69) is 26.1 Å². The van der Waals surface area contributed by atoms with Crippen molar-refractivity contribution >= 4 is 16.0 Å². The van der Waals surface area contributed by atoms with E-state index in [1.54, 1.807) is 0 Å². The second-order valence-corrected chi connectivity index (χ2v) is 8.02. The predicted molar refractivity (Wildman–Crippen MR) is 74.1 cm³/mol. The average Bonchev–Trinajstić information content (AvgIpc) is 2.59. The molecule has 0 radical (unpaired) electrons. The van der Waals surface area contributed by atoms with Crippen LogP contribution in [0.25, 0.3) is 0 Å². The van der Waals surface area contributed by atoms with E-state index in [4.69, 9.17) is 8.97 Å². The van der Waals surface area contributed by atoms with Gasteiger partial charge in [-0.15, -0.1) is 0 Å². The molecule has 1 aromatic rings. The molecular weight excluding hydrogens is 282 g/mol. The number of amides is 1. The van der Waals surface area contributed by atoms with E-state index in [1.807, 2.05) is 13.8 Å². The zero-order valence-corrected chi connectivity index (χ0v) is 13.2. The molecule has 6 nitrogen and oxygen atoms in total. The molecule has 0 saturated heterocycles. The van der Waals surface area contributed by atoms with Crippen LogP contribution in [0.1, 0.15) is 51.6 Å². The quantitative estimate of drug-likeness (QED) is 0.833. The number of rotatable bonds is 4. The van der Waals surface area contributed by atoms with Crippen molar-refractivity contribution in [3.63, 3.8) is 0 Å². The lowest BCUT2D eigenvalue weighted by molar-refractivity contribution is 0.0857. The Kier molecular flexibility index (Phi) is 4.36. The Labute approximate surface area is 119 Å².